The van der Waals surface area contributed by atoms with Gasteiger partial charge in [0, 0.05) is 6.07 Å². The van der Waals surface area contributed by atoms with Crippen LogP contribution in [-0.2, 0) is 20.9 Å². The van der Waals surface area contributed by atoms with E-state index in [-0.39, 0.29) is 18.4 Å². The zero-order chi connectivity index (χ0) is 21.8. The van der Waals surface area contributed by atoms with Crippen LogP contribution in [0.5, 0.6) is 11.5 Å². The molecule has 4 atom stereocenters. The molecular formula is C23H26N2O6. The van der Waals surface area contributed by atoms with Gasteiger partial charge in [-0.25, -0.2) is 0 Å². The van der Waals surface area contributed by atoms with Crippen LogP contribution < -0.4 is 20.1 Å². The first-order chi connectivity index (χ1) is 15.1. The Balaban J connectivity index is 1.50. The minimum absolute atomic E-state index is 0.249. The van der Waals surface area contributed by atoms with E-state index in [4.69, 9.17) is 18.6 Å². The highest BCUT2D eigenvalue weighted by Gasteiger charge is 2.53. The zero-order valence-electron chi connectivity index (χ0n) is 17.5. The molecule has 8 nitrogen and oxygen atoms in total. The number of carbonyl (C=O) groups excluding carboxylic acids is 2. The Morgan fingerprint density at radius 1 is 1.00 bits per heavy atom. The van der Waals surface area contributed by atoms with Gasteiger partial charge in [-0.15, -0.1) is 0 Å². The van der Waals surface area contributed by atoms with Crippen molar-refractivity contribution in [1.29, 1.82) is 0 Å². The van der Waals surface area contributed by atoms with Gasteiger partial charge in [0.2, 0.25) is 11.8 Å². The summed E-state index contributed by atoms with van der Waals surface area (Å²) in [5, 5.41) is 5.77. The van der Waals surface area contributed by atoms with Gasteiger partial charge in [0.25, 0.3) is 0 Å². The third-order valence-electron chi connectivity index (χ3n) is 5.34. The minimum Gasteiger partial charge on any atom is -0.494 e. The number of anilines is 1. The van der Waals surface area contributed by atoms with E-state index in [0.717, 1.165) is 0 Å². The van der Waals surface area contributed by atoms with Crippen molar-refractivity contribution in [3.8, 4) is 11.5 Å². The second kappa shape index (κ2) is 9.26. The number of fused-ring (bicyclic) bond motifs is 2. The van der Waals surface area contributed by atoms with E-state index in [2.05, 4.69) is 10.6 Å². The zero-order valence-corrected chi connectivity index (χ0v) is 17.5. The number of nitrogens with one attached hydrogen (secondary N) is 2. The van der Waals surface area contributed by atoms with Crippen molar-refractivity contribution >= 4 is 17.5 Å². The molecule has 3 heterocycles. The lowest BCUT2D eigenvalue weighted by atomic mass is 9.81. The Labute approximate surface area is 180 Å². The number of benzene rings is 1. The normalized spacial score (nSPS) is 23.5. The van der Waals surface area contributed by atoms with E-state index in [1.54, 1.807) is 36.6 Å². The molecule has 1 fully saturated rings. The Kier molecular flexibility index (Phi) is 6.27. The van der Waals surface area contributed by atoms with Crippen molar-refractivity contribution in [1.82, 2.24) is 5.32 Å². The van der Waals surface area contributed by atoms with Crippen molar-refractivity contribution in [3.63, 3.8) is 0 Å². The fraction of sp³-hybridized carbons (Fsp3) is 0.391. The lowest BCUT2D eigenvalue weighted by molar-refractivity contribution is -0.131. The van der Waals surface area contributed by atoms with E-state index in [9.17, 15) is 9.59 Å². The van der Waals surface area contributed by atoms with Crippen LogP contribution in [0.3, 0.4) is 0 Å². The maximum Gasteiger partial charge on any atom is 0.231 e. The Morgan fingerprint density at radius 3 is 2.42 bits per heavy atom. The van der Waals surface area contributed by atoms with Crippen molar-refractivity contribution in [3.05, 3.63) is 54.5 Å². The summed E-state index contributed by atoms with van der Waals surface area (Å²) in [4.78, 5) is 26.2. The fourth-order valence-corrected chi connectivity index (χ4v) is 4.00. The molecule has 2 bridgehead atoms. The number of furan rings is 1. The first-order valence-electron chi connectivity index (χ1n) is 10.4. The molecule has 0 spiro atoms. The van der Waals surface area contributed by atoms with Gasteiger partial charge in [-0.1, -0.05) is 12.2 Å². The molecule has 2 aliphatic heterocycles. The van der Waals surface area contributed by atoms with Crippen molar-refractivity contribution in [2.75, 3.05) is 18.5 Å². The lowest BCUT2D eigenvalue weighted by Gasteiger charge is -2.24. The van der Waals surface area contributed by atoms with Crippen molar-refractivity contribution in [2.45, 2.75) is 32.6 Å². The number of hydrogen-bond donors (Lipinski definition) is 2. The molecule has 0 aliphatic carbocycles. The molecule has 164 valence electrons. The predicted octanol–water partition coefficient (Wildman–Crippen LogP) is 2.90. The van der Waals surface area contributed by atoms with E-state index < -0.39 is 24.0 Å². The first-order valence-corrected chi connectivity index (χ1v) is 10.4. The highest BCUT2D eigenvalue weighted by molar-refractivity contribution is 5.98. The molecule has 0 radical (unpaired) electrons. The van der Waals surface area contributed by atoms with Gasteiger partial charge in [-0.3, -0.25) is 9.59 Å². The molecule has 0 unspecified atom stereocenters. The summed E-state index contributed by atoms with van der Waals surface area (Å²) >= 11 is 0. The SMILES string of the molecule is CCOc1ccc(OCC)c(NC(=O)[C@@H]2[C@@H](C(=O)NCc3ccco3)[C@@H]3C=C[C@@H]2O3)c1. The van der Waals surface area contributed by atoms with Crippen LogP contribution in [0.4, 0.5) is 5.69 Å². The fourth-order valence-electron chi connectivity index (χ4n) is 4.00. The van der Waals surface area contributed by atoms with Crippen LogP contribution in [-0.4, -0.2) is 37.2 Å². The van der Waals surface area contributed by atoms with Crippen molar-refractivity contribution in [2.24, 2.45) is 11.8 Å². The summed E-state index contributed by atoms with van der Waals surface area (Å²) in [6.45, 7) is 4.97. The second-order valence-corrected chi connectivity index (χ2v) is 7.31. The Bertz CT molecular complexity index is 955. The minimum atomic E-state index is -0.656. The molecule has 2 aliphatic rings. The molecule has 0 saturated carbocycles. The highest BCUT2D eigenvalue weighted by Crippen LogP contribution is 2.40. The van der Waals surface area contributed by atoms with Crippen LogP contribution in [0.25, 0.3) is 0 Å². The maximum absolute atomic E-state index is 13.3. The number of ether oxygens (including phenoxy) is 3. The Morgan fingerprint density at radius 2 is 1.74 bits per heavy atom. The standard InChI is InChI=1S/C23H26N2O6/c1-3-28-14-7-8-17(29-4-2)16(12-14)25-23(27)21-19-10-9-18(31-19)20(21)22(26)24-13-15-6-5-11-30-15/h5-12,18-21H,3-4,13H2,1-2H3,(H,24,26)(H,25,27)/t18-,19-,20-,21-/m0/s1. The van der Waals surface area contributed by atoms with Gasteiger partial charge >= 0.3 is 0 Å². The summed E-state index contributed by atoms with van der Waals surface area (Å²) in [6.07, 6.45) is 4.35. The summed E-state index contributed by atoms with van der Waals surface area (Å²) in [5.41, 5.74) is 0.499. The van der Waals surface area contributed by atoms with E-state index >= 15 is 0 Å². The van der Waals surface area contributed by atoms with E-state index in [0.29, 0.717) is 36.2 Å². The third kappa shape index (κ3) is 4.44. The van der Waals surface area contributed by atoms with Gasteiger partial charge in [0.05, 0.1) is 55.8 Å². The third-order valence-corrected chi connectivity index (χ3v) is 5.34. The molecular weight excluding hydrogens is 400 g/mol. The molecule has 1 aromatic heterocycles. The number of rotatable bonds is 9. The number of hydrogen-bond acceptors (Lipinski definition) is 6. The Hall–Kier alpha value is -3.26. The average molecular weight is 426 g/mol. The molecule has 2 N–H and O–H groups in total. The second-order valence-electron chi connectivity index (χ2n) is 7.31. The molecule has 2 amide bonds. The first kappa shape index (κ1) is 21.0. The van der Waals surface area contributed by atoms with E-state index in [1.165, 1.54) is 0 Å². The lowest BCUT2D eigenvalue weighted by Crippen LogP contribution is -2.44. The smallest absolute Gasteiger partial charge is 0.231 e. The average Bonchev–Trinajstić information content (AvgIpc) is 3.51. The summed E-state index contributed by atoms with van der Waals surface area (Å²) in [7, 11) is 0. The van der Waals surface area contributed by atoms with Crippen LogP contribution >= 0.6 is 0 Å². The predicted molar refractivity (Wildman–Crippen MR) is 113 cm³/mol. The summed E-state index contributed by atoms with van der Waals surface area (Å²) in [5.74, 6) is -0.0302. The molecule has 1 saturated heterocycles. The van der Waals surface area contributed by atoms with Gasteiger partial charge in [-0.05, 0) is 38.1 Å². The van der Waals surface area contributed by atoms with Crippen molar-refractivity contribution < 1.29 is 28.2 Å². The number of carbonyl (C=O) groups is 2. The summed E-state index contributed by atoms with van der Waals surface area (Å²) in [6, 6.07) is 8.81. The molecule has 2 aromatic rings. The maximum atomic E-state index is 13.3. The van der Waals surface area contributed by atoms with Gasteiger partial charge in [0.1, 0.15) is 17.3 Å². The highest BCUT2D eigenvalue weighted by atomic mass is 16.5. The monoisotopic (exact) mass is 426 g/mol. The van der Waals surface area contributed by atoms with E-state index in [1.807, 2.05) is 26.0 Å². The topological polar surface area (TPSA) is 99.0 Å². The van der Waals surface area contributed by atoms with Gasteiger partial charge < -0.3 is 29.3 Å². The largest absolute Gasteiger partial charge is 0.494 e. The molecule has 4 rings (SSSR count). The quantitative estimate of drug-likeness (QED) is 0.598. The van der Waals surface area contributed by atoms with Gasteiger partial charge in [0.15, 0.2) is 0 Å². The summed E-state index contributed by atoms with van der Waals surface area (Å²) < 4.78 is 22.3. The van der Waals surface area contributed by atoms with Crippen LogP contribution in [0.2, 0.25) is 0 Å². The van der Waals surface area contributed by atoms with Crippen LogP contribution in [0.15, 0.2) is 53.2 Å². The van der Waals surface area contributed by atoms with Crippen LogP contribution in [0, 0.1) is 11.8 Å². The molecule has 31 heavy (non-hydrogen) atoms. The molecule has 1 aromatic carbocycles. The number of amides is 2. The van der Waals surface area contributed by atoms with Crippen LogP contribution in [0.1, 0.15) is 19.6 Å². The molecule has 8 heteroatoms. The van der Waals surface area contributed by atoms with Gasteiger partial charge in [-0.2, -0.15) is 0 Å².